The van der Waals surface area contributed by atoms with Crippen LogP contribution in [0.4, 0.5) is 0 Å². The molecule has 3 rings (SSSR count). The molecule has 0 unspecified atom stereocenters. The molecular formula is C29H33ClN2O2S. The van der Waals surface area contributed by atoms with Crippen LogP contribution in [0, 0.1) is 6.92 Å². The highest BCUT2D eigenvalue weighted by Gasteiger charge is 2.30. The van der Waals surface area contributed by atoms with Crippen molar-refractivity contribution in [2.75, 3.05) is 12.3 Å². The Balaban J connectivity index is 1.83. The van der Waals surface area contributed by atoms with Crippen LogP contribution in [0.1, 0.15) is 35.6 Å². The summed E-state index contributed by atoms with van der Waals surface area (Å²) in [4.78, 5) is 28.6. The molecule has 0 aliphatic carbocycles. The lowest BCUT2D eigenvalue weighted by Gasteiger charge is -2.31. The molecule has 1 N–H and O–H groups in total. The first kappa shape index (κ1) is 26.8. The topological polar surface area (TPSA) is 49.4 Å². The minimum atomic E-state index is -0.598. The van der Waals surface area contributed by atoms with Crippen molar-refractivity contribution in [3.8, 4) is 0 Å². The molecule has 184 valence electrons. The summed E-state index contributed by atoms with van der Waals surface area (Å²) in [7, 11) is 0. The second-order valence-electron chi connectivity index (χ2n) is 8.59. The number of carbonyl (C=O) groups is 2. The molecule has 0 saturated carbocycles. The fraction of sp³-hybridized carbons (Fsp3) is 0.310. The number of thioether (sulfide) groups is 1. The van der Waals surface area contributed by atoms with E-state index in [0.717, 1.165) is 28.7 Å². The Bertz CT molecular complexity index is 1090. The van der Waals surface area contributed by atoms with E-state index in [1.54, 1.807) is 4.90 Å². The third-order valence-electron chi connectivity index (χ3n) is 5.73. The summed E-state index contributed by atoms with van der Waals surface area (Å²) >= 11 is 7.81. The second-order valence-corrected chi connectivity index (χ2v) is 9.98. The Labute approximate surface area is 218 Å². The average Bonchev–Trinajstić information content (AvgIpc) is 2.87. The van der Waals surface area contributed by atoms with E-state index in [2.05, 4.69) is 5.32 Å². The van der Waals surface area contributed by atoms with Gasteiger partial charge >= 0.3 is 0 Å². The van der Waals surface area contributed by atoms with Crippen molar-refractivity contribution >= 4 is 35.2 Å². The number of hydrogen-bond donors (Lipinski definition) is 1. The van der Waals surface area contributed by atoms with Gasteiger partial charge in [0, 0.05) is 30.3 Å². The van der Waals surface area contributed by atoms with Gasteiger partial charge in [-0.2, -0.15) is 0 Å². The van der Waals surface area contributed by atoms with Crippen molar-refractivity contribution in [2.24, 2.45) is 0 Å². The fourth-order valence-corrected chi connectivity index (χ4v) is 4.95. The number of hydrogen-bond acceptors (Lipinski definition) is 3. The van der Waals surface area contributed by atoms with Gasteiger partial charge in [0.05, 0.1) is 5.75 Å². The molecule has 3 aromatic carbocycles. The molecule has 0 fully saturated rings. The molecule has 0 aliphatic rings. The number of aryl methyl sites for hydroxylation is 1. The zero-order chi connectivity index (χ0) is 25.0. The Morgan fingerprint density at radius 2 is 1.63 bits per heavy atom. The monoisotopic (exact) mass is 508 g/mol. The van der Waals surface area contributed by atoms with E-state index >= 15 is 0 Å². The van der Waals surface area contributed by atoms with E-state index in [0.29, 0.717) is 30.3 Å². The summed E-state index contributed by atoms with van der Waals surface area (Å²) in [5, 5.41) is 3.71. The molecule has 0 bridgehead atoms. The number of carbonyl (C=O) groups excluding carboxylic acids is 2. The van der Waals surface area contributed by atoms with Gasteiger partial charge in [-0.05, 0) is 36.1 Å². The summed E-state index contributed by atoms with van der Waals surface area (Å²) in [6.07, 6.45) is 1.30. The van der Waals surface area contributed by atoms with Crippen molar-refractivity contribution < 1.29 is 9.59 Å². The molecule has 0 aliphatic heterocycles. The van der Waals surface area contributed by atoms with Crippen LogP contribution in [0.3, 0.4) is 0 Å². The zero-order valence-corrected chi connectivity index (χ0v) is 21.9. The summed E-state index contributed by atoms with van der Waals surface area (Å²) < 4.78 is 0. The van der Waals surface area contributed by atoms with Crippen LogP contribution in [0.25, 0.3) is 0 Å². The fourth-order valence-electron chi connectivity index (χ4n) is 3.76. The molecule has 0 spiro atoms. The van der Waals surface area contributed by atoms with Gasteiger partial charge in [0.25, 0.3) is 0 Å². The third kappa shape index (κ3) is 8.44. The first-order valence-electron chi connectivity index (χ1n) is 12.0. The molecule has 3 aromatic rings. The summed E-state index contributed by atoms with van der Waals surface area (Å²) in [5.41, 5.74) is 4.18. The molecule has 4 nitrogen and oxygen atoms in total. The predicted molar refractivity (Wildman–Crippen MR) is 147 cm³/mol. The van der Waals surface area contributed by atoms with E-state index in [1.165, 1.54) is 11.8 Å². The second kappa shape index (κ2) is 14.0. The van der Waals surface area contributed by atoms with Crippen LogP contribution >= 0.6 is 23.4 Å². The van der Waals surface area contributed by atoms with E-state index in [4.69, 9.17) is 11.6 Å². The van der Waals surface area contributed by atoms with Gasteiger partial charge in [-0.15, -0.1) is 11.8 Å². The smallest absolute Gasteiger partial charge is 0.243 e. The van der Waals surface area contributed by atoms with Gasteiger partial charge in [0.2, 0.25) is 11.8 Å². The Morgan fingerprint density at radius 1 is 0.943 bits per heavy atom. The highest BCUT2D eigenvalue weighted by Crippen LogP contribution is 2.22. The number of benzene rings is 3. The molecule has 2 amide bonds. The lowest BCUT2D eigenvalue weighted by Crippen LogP contribution is -2.51. The Kier molecular flexibility index (Phi) is 10.7. The lowest BCUT2D eigenvalue weighted by atomic mass is 10.0. The van der Waals surface area contributed by atoms with Crippen LogP contribution in [0.15, 0.2) is 78.9 Å². The highest BCUT2D eigenvalue weighted by molar-refractivity contribution is 7.99. The number of amides is 2. The van der Waals surface area contributed by atoms with Gasteiger partial charge in [-0.3, -0.25) is 9.59 Å². The van der Waals surface area contributed by atoms with Gasteiger partial charge < -0.3 is 10.2 Å². The summed E-state index contributed by atoms with van der Waals surface area (Å²) in [6.45, 7) is 5.02. The van der Waals surface area contributed by atoms with Crippen molar-refractivity contribution in [2.45, 2.75) is 45.0 Å². The van der Waals surface area contributed by atoms with Crippen LogP contribution in [0.2, 0.25) is 5.02 Å². The summed E-state index contributed by atoms with van der Waals surface area (Å²) in [6, 6.07) is 25.1. The molecule has 35 heavy (non-hydrogen) atoms. The first-order chi connectivity index (χ1) is 17.0. The lowest BCUT2D eigenvalue weighted by molar-refractivity contribution is -0.139. The molecular weight excluding hydrogens is 476 g/mol. The minimum absolute atomic E-state index is 0.0600. The molecule has 1 atom stereocenters. The van der Waals surface area contributed by atoms with Crippen molar-refractivity contribution in [1.29, 1.82) is 0 Å². The SMILES string of the molecule is CCCNC(=O)[C@H](Cc1ccccc1)N(Cc1ccc(C)cc1)C(=O)CSCc1ccccc1Cl. The Morgan fingerprint density at radius 3 is 2.31 bits per heavy atom. The molecule has 0 aromatic heterocycles. The maximum absolute atomic E-state index is 13.6. The van der Waals surface area contributed by atoms with Crippen molar-refractivity contribution in [3.63, 3.8) is 0 Å². The number of rotatable bonds is 12. The average molecular weight is 509 g/mol. The van der Waals surface area contributed by atoms with Crippen molar-refractivity contribution in [1.82, 2.24) is 10.2 Å². The standard InChI is InChI=1S/C29H33ClN2O2S/c1-3-17-31-29(34)27(18-23-9-5-4-6-10-23)32(19-24-15-13-22(2)14-16-24)28(33)21-35-20-25-11-7-8-12-26(25)30/h4-16,27H,3,17-21H2,1-2H3,(H,31,34)/t27-/m0/s1. The normalized spacial score (nSPS) is 11.6. The number of nitrogens with one attached hydrogen (secondary N) is 1. The molecule has 0 saturated heterocycles. The van der Waals surface area contributed by atoms with Gasteiger partial charge in [-0.1, -0.05) is 96.9 Å². The van der Waals surface area contributed by atoms with Gasteiger partial charge in [-0.25, -0.2) is 0 Å². The number of halogens is 1. The van der Waals surface area contributed by atoms with Crippen LogP contribution < -0.4 is 5.32 Å². The van der Waals surface area contributed by atoms with Crippen LogP contribution in [0.5, 0.6) is 0 Å². The number of nitrogens with zero attached hydrogens (tertiary/aromatic N) is 1. The van der Waals surface area contributed by atoms with E-state index < -0.39 is 6.04 Å². The van der Waals surface area contributed by atoms with Crippen molar-refractivity contribution in [3.05, 3.63) is 106 Å². The Hall–Kier alpha value is -2.76. The van der Waals surface area contributed by atoms with E-state index in [1.807, 2.05) is 92.7 Å². The maximum atomic E-state index is 13.6. The largest absolute Gasteiger partial charge is 0.354 e. The third-order valence-corrected chi connectivity index (χ3v) is 7.07. The zero-order valence-electron chi connectivity index (χ0n) is 20.4. The summed E-state index contributed by atoms with van der Waals surface area (Å²) in [5.74, 6) is 0.723. The first-order valence-corrected chi connectivity index (χ1v) is 13.5. The van der Waals surface area contributed by atoms with Crippen LogP contribution in [-0.2, 0) is 28.3 Å². The predicted octanol–water partition coefficient (Wildman–Crippen LogP) is 6.05. The van der Waals surface area contributed by atoms with Gasteiger partial charge in [0.1, 0.15) is 6.04 Å². The minimum Gasteiger partial charge on any atom is -0.354 e. The highest BCUT2D eigenvalue weighted by atomic mass is 35.5. The molecule has 6 heteroatoms. The van der Waals surface area contributed by atoms with E-state index in [-0.39, 0.29) is 17.6 Å². The molecule has 0 radical (unpaired) electrons. The van der Waals surface area contributed by atoms with Crippen LogP contribution in [-0.4, -0.2) is 35.1 Å². The quantitative estimate of drug-likeness (QED) is 0.324. The van der Waals surface area contributed by atoms with Gasteiger partial charge in [0.15, 0.2) is 0 Å². The van der Waals surface area contributed by atoms with E-state index in [9.17, 15) is 9.59 Å². The maximum Gasteiger partial charge on any atom is 0.243 e. The molecule has 0 heterocycles.